The van der Waals surface area contributed by atoms with Crippen LogP contribution in [0, 0.1) is 5.92 Å². The van der Waals surface area contributed by atoms with Gasteiger partial charge in [-0.3, -0.25) is 4.90 Å². The predicted molar refractivity (Wildman–Crippen MR) is 73.7 cm³/mol. The van der Waals surface area contributed by atoms with Crippen LogP contribution in [-0.4, -0.2) is 67.1 Å². The predicted octanol–water partition coefficient (Wildman–Crippen LogP) is 1.65. The van der Waals surface area contributed by atoms with Gasteiger partial charge in [-0.05, 0) is 33.7 Å². The quantitative estimate of drug-likeness (QED) is 0.826. The third kappa shape index (κ3) is 3.86. The van der Waals surface area contributed by atoms with Crippen LogP contribution in [0.3, 0.4) is 0 Å². The van der Waals surface area contributed by atoms with Crippen LogP contribution in [0.25, 0.3) is 0 Å². The summed E-state index contributed by atoms with van der Waals surface area (Å²) in [5.41, 5.74) is 0.185. The minimum atomic E-state index is -2.54. The Morgan fingerprint density at radius 1 is 1.16 bits per heavy atom. The van der Waals surface area contributed by atoms with E-state index in [-0.39, 0.29) is 12.1 Å². The molecule has 5 heteroatoms. The van der Waals surface area contributed by atoms with Gasteiger partial charge in [-0.1, -0.05) is 0 Å². The zero-order valence-corrected chi connectivity index (χ0v) is 12.4. The van der Waals surface area contributed by atoms with Crippen LogP contribution in [0.5, 0.6) is 0 Å². The molecule has 2 aliphatic rings. The average Bonchev–Trinajstić information content (AvgIpc) is 2.31. The first kappa shape index (κ1) is 15.1. The molecule has 0 amide bonds. The maximum atomic E-state index is 13.8. The van der Waals surface area contributed by atoms with Gasteiger partial charge in [0.2, 0.25) is 0 Å². The van der Waals surface area contributed by atoms with Crippen molar-refractivity contribution in [2.45, 2.75) is 38.7 Å². The van der Waals surface area contributed by atoms with Crippen LogP contribution in [0.1, 0.15) is 27.2 Å². The number of hydrogen-bond donors (Lipinski definition) is 1. The Morgan fingerprint density at radius 2 is 1.79 bits per heavy atom. The summed E-state index contributed by atoms with van der Waals surface area (Å²) in [5.74, 6) is -3.02. The normalized spacial score (nSPS) is 30.5. The van der Waals surface area contributed by atoms with Gasteiger partial charge >= 0.3 is 0 Å². The molecule has 0 saturated carbocycles. The van der Waals surface area contributed by atoms with Crippen molar-refractivity contribution in [1.29, 1.82) is 0 Å². The van der Waals surface area contributed by atoms with Crippen LogP contribution < -0.4 is 5.32 Å². The summed E-state index contributed by atoms with van der Waals surface area (Å²) in [5, 5.41) is 2.79. The number of piperazine rings is 1. The molecule has 2 heterocycles. The highest BCUT2D eigenvalue weighted by Crippen LogP contribution is 2.30. The molecule has 1 atom stereocenters. The van der Waals surface area contributed by atoms with Crippen LogP contribution in [0.2, 0.25) is 0 Å². The molecule has 2 saturated heterocycles. The van der Waals surface area contributed by atoms with Gasteiger partial charge < -0.3 is 10.2 Å². The Balaban J connectivity index is 1.82. The summed E-state index contributed by atoms with van der Waals surface area (Å²) < 4.78 is 27.6. The third-order valence-corrected chi connectivity index (χ3v) is 4.43. The lowest BCUT2D eigenvalue weighted by Gasteiger charge is -2.44. The van der Waals surface area contributed by atoms with Crippen LogP contribution in [0.4, 0.5) is 8.78 Å². The molecule has 2 rings (SSSR count). The fourth-order valence-electron chi connectivity index (χ4n) is 3.02. The number of nitrogens with one attached hydrogen (secondary N) is 1. The molecule has 2 aliphatic heterocycles. The van der Waals surface area contributed by atoms with E-state index < -0.39 is 11.8 Å². The molecule has 1 unspecified atom stereocenters. The average molecular weight is 275 g/mol. The second-order valence-corrected chi connectivity index (χ2v) is 6.88. The lowest BCUT2D eigenvalue weighted by molar-refractivity contribution is -0.0871. The Hall–Kier alpha value is -0.260. The number of halogens is 2. The standard InChI is InChI=1S/C14H27F2N3/c1-13(2,3)19-8-6-18(7-9-19)10-12-4-5-17-11-14(12,15)16/h12,17H,4-11H2,1-3H3. The molecule has 0 aromatic carbocycles. The first-order valence-electron chi connectivity index (χ1n) is 7.35. The molecule has 112 valence electrons. The van der Waals surface area contributed by atoms with Gasteiger partial charge in [0.25, 0.3) is 5.92 Å². The molecule has 0 bridgehead atoms. The number of piperidine rings is 1. The van der Waals surface area contributed by atoms with E-state index in [0.29, 0.717) is 13.0 Å². The minimum Gasteiger partial charge on any atom is -0.311 e. The van der Waals surface area contributed by atoms with Crippen molar-refractivity contribution in [3.8, 4) is 0 Å². The SMILES string of the molecule is CC(C)(C)N1CCN(CC2CCNCC2(F)F)CC1. The Labute approximate surface area is 115 Å². The van der Waals surface area contributed by atoms with Crippen molar-refractivity contribution in [2.24, 2.45) is 5.92 Å². The molecule has 0 aliphatic carbocycles. The highest BCUT2D eigenvalue weighted by Gasteiger charge is 2.42. The number of hydrogen-bond acceptors (Lipinski definition) is 3. The maximum Gasteiger partial charge on any atom is 0.264 e. The zero-order valence-electron chi connectivity index (χ0n) is 12.4. The zero-order chi connectivity index (χ0) is 14.1. The summed E-state index contributed by atoms with van der Waals surface area (Å²) in [6, 6.07) is 0. The topological polar surface area (TPSA) is 18.5 Å². The summed E-state index contributed by atoms with van der Waals surface area (Å²) in [6.45, 7) is 11.6. The summed E-state index contributed by atoms with van der Waals surface area (Å²) in [4.78, 5) is 4.65. The third-order valence-electron chi connectivity index (χ3n) is 4.43. The highest BCUT2D eigenvalue weighted by atomic mass is 19.3. The second-order valence-electron chi connectivity index (χ2n) is 6.88. The van der Waals surface area contributed by atoms with Gasteiger partial charge in [0.05, 0.1) is 6.54 Å². The molecule has 3 nitrogen and oxygen atoms in total. The molecule has 0 radical (unpaired) electrons. The number of nitrogens with zero attached hydrogens (tertiary/aromatic N) is 2. The van der Waals surface area contributed by atoms with E-state index in [2.05, 4.69) is 35.9 Å². The molecule has 0 spiro atoms. The number of rotatable bonds is 2. The van der Waals surface area contributed by atoms with Crippen molar-refractivity contribution < 1.29 is 8.78 Å². The van der Waals surface area contributed by atoms with Gasteiger partial charge in [0.1, 0.15) is 0 Å². The monoisotopic (exact) mass is 275 g/mol. The van der Waals surface area contributed by atoms with Crippen molar-refractivity contribution in [2.75, 3.05) is 45.8 Å². The highest BCUT2D eigenvalue weighted by molar-refractivity contribution is 4.89. The largest absolute Gasteiger partial charge is 0.311 e. The second kappa shape index (κ2) is 5.62. The summed E-state index contributed by atoms with van der Waals surface area (Å²) >= 11 is 0. The summed E-state index contributed by atoms with van der Waals surface area (Å²) in [6.07, 6.45) is 0.590. The lowest BCUT2D eigenvalue weighted by atomic mass is 9.93. The molecule has 0 aromatic rings. The molecule has 1 N–H and O–H groups in total. The first-order chi connectivity index (χ1) is 8.79. The molecular formula is C14H27F2N3. The van der Waals surface area contributed by atoms with Crippen molar-refractivity contribution >= 4 is 0 Å². The van der Waals surface area contributed by atoms with Crippen LogP contribution in [-0.2, 0) is 0 Å². The van der Waals surface area contributed by atoms with Gasteiger partial charge in [-0.2, -0.15) is 0 Å². The Morgan fingerprint density at radius 3 is 2.32 bits per heavy atom. The number of alkyl halides is 2. The molecule has 2 fully saturated rings. The Kier molecular flexibility index (Phi) is 4.48. The Bertz CT molecular complexity index is 294. The van der Waals surface area contributed by atoms with Gasteiger partial charge in [0.15, 0.2) is 0 Å². The van der Waals surface area contributed by atoms with Crippen molar-refractivity contribution in [1.82, 2.24) is 15.1 Å². The van der Waals surface area contributed by atoms with Gasteiger partial charge in [-0.15, -0.1) is 0 Å². The van der Waals surface area contributed by atoms with Crippen molar-refractivity contribution in [3.63, 3.8) is 0 Å². The van der Waals surface area contributed by atoms with E-state index >= 15 is 0 Å². The summed E-state index contributed by atoms with van der Waals surface area (Å²) in [7, 11) is 0. The van der Waals surface area contributed by atoms with E-state index in [1.165, 1.54) is 0 Å². The van der Waals surface area contributed by atoms with Crippen molar-refractivity contribution in [3.05, 3.63) is 0 Å². The lowest BCUT2D eigenvalue weighted by Crippen LogP contribution is -2.56. The van der Waals surface area contributed by atoms with E-state index in [1.54, 1.807) is 0 Å². The minimum absolute atomic E-state index is 0.153. The fraction of sp³-hybridized carbons (Fsp3) is 1.00. The maximum absolute atomic E-state index is 13.8. The fourth-order valence-corrected chi connectivity index (χ4v) is 3.02. The smallest absolute Gasteiger partial charge is 0.264 e. The molecule has 19 heavy (non-hydrogen) atoms. The van der Waals surface area contributed by atoms with Gasteiger partial charge in [0, 0.05) is 44.2 Å². The van der Waals surface area contributed by atoms with Gasteiger partial charge in [-0.25, -0.2) is 8.78 Å². The van der Waals surface area contributed by atoms with E-state index in [4.69, 9.17) is 0 Å². The van der Waals surface area contributed by atoms with E-state index in [0.717, 1.165) is 32.7 Å². The first-order valence-corrected chi connectivity index (χ1v) is 7.35. The van der Waals surface area contributed by atoms with E-state index in [1.807, 2.05) is 0 Å². The van der Waals surface area contributed by atoms with Crippen LogP contribution >= 0.6 is 0 Å². The molecule has 0 aromatic heterocycles. The van der Waals surface area contributed by atoms with Crippen LogP contribution in [0.15, 0.2) is 0 Å². The molecular weight excluding hydrogens is 248 g/mol. The van der Waals surface area contributed by atoms with E-state index in [9.17, 15) is 8.78 Å².